The fraction of sp³-hybridized carbons (Fsp3) is 0.241. The molecule has 2 aromatic carbocycles. The molecular weight excluding hydrogens is 488 g/mol. The smallest absolute Gasteiger partial charge is 0.174 e. The highest BCUT2D eigenvalue weighted by molar-refractivity contribution is 7.80. The second kappa shape index (κ2) is 9.60. The van der Waals surface area contributed by atoms with Gasteiger partial charge in [0.25, 0.3) is 0 Å². The molecule has 0 radical (unpaired) electrons. The molecule has 7 heteroatoms. The van der Waals surface area contributed by atoms with Crippen LogP contribution < -0.4 is 15.0 Å². The van der Waals surface area contributed by atoms with Gasteiger partial charge in [-0.1, -0.05) is 35.9 Å². The molecule has 1 N–H and O–H groups in total. The van der Waals surface area contributed by atoms with Crippen molar-refractivity contribution < 1.29 is 4.74 Å². The summed E-state index contributed by atoms with van der Waals surface area (Å²) in [6.07, 6.45) is 1.82. The molecule has 3 heterocycles. The predicted octanol–water partition coefficient (Wildman–Crippen LogP) is 6.95. The number of aryl methyl sites for hydroxylation is 3. The lowest BCUT2D eigenvalue weighted by molar-refractivity contribution is 0.415. The van der Waals surface area contributed by atoms with E-state index in [0.29, 0.717) is 15.9 Å². The van der Waals surface area contributed by atoms with Crippen LogP contribution in [0.2, 0.25) is 5.02 Å². The Balaban J connectivity index is 1.71. The van der Waals surface area contributed by atoms with Crippen LogP contribution in [0, 0.1) is 27.7 Å². The average molecular weight is 517 g/mol. The number of methoxy groups -OCH3 is 1. The molecule has 184 valence electrons. The van der Waals surface area contributed by atoms with Crippen molar-refractivity contribution in [2.45, 2.75) is 39.8 Å². The summed E-state index contributed by atoms with van der Waals surface area (Å²) < 4.78 is 7.75. The molecule has 0 amide bonds. The Morgan fingerprint density at radius 2 is 1.72 bits per heavy atom. The standard InChI is InChI=1S/C29H29ClN4OS/c1-17-9-8-10-18(2)27(17)33-19(3)15-22(20(33)4)28-26(24-11-6-7-14-31-24)32-29(36)34(28)21-12-13-25(35-5)23(30)16-21/h6-16,26,28H,1-5H3,(H,32,36)/t26-,28+/m1/s1. The summed E-state index contributed by atoms with van der Waals surface area (Å²) in [4.78, 5) is 6.84. The van der Waals surface area contributed by atoms with Gasteiger partial charge in [0.2, 0.25) is 0 Å². The van der Waals surface area contributed by atoms with E-state index in [9.17, 15) is 0 Å². The lowest BCUT2D eigenvalue weighted by Gasteiger charge is -2.28. The number of ether oxygens (including phenoxy) is 1. The topological polar surface area (TPSA) is 42.3 Å². The monoisotopic (exact) mass is 516 g/mol. The molecule has 1 aliphatic heterocycles. The Bertz CT molecular complexity index is 1430. The number of hydrogen-bond donors (Lipinski definition) is 1. The van der Waals surface area contributed by atoms with Crippen LogP contribution in [0.25, 0.3) is 5.69 Å². The lowest BCUT2D eigenvalue weighted by atomic mass is 9.96. The first kappa shape index (κ1) is 24.3. The van der Waals surface area contributed by atoms with Gasteiger partial charge in [0.15, 0.2) is 5.11 Å². The first-order valence-corrected chi connectivity index (χ1v) is 12.7. The molecule has 0 bridgehead atoms. The Morgan fingerprint density at radius 1 is 0.972 bits per heavy atom. The Hall–Kier alpha value is -3.35. The van der Waals surface area contributed by atoms with E-state index in [1.807, 2.05) is 42.6 Å². The summed E-state index contributed by atoms with van der Waals surface area (Å²) in [6.45, 7) is 8.67. The molecule has 2 atom stereocenters. The van der Waals surface area contributed by atoms with Gasteiger partial charge in [0, 0.05) is 23.3 Å². The van der Waals surface area contributed by atoms with E-state index in [2.05, 4.69) is 71.7 Å². The van der Waals surface area contributed by atoms with Gasteiger partial charge in [0.1, 0.15) is 5.75 Å². The molecule has 1 fully saturated rings. The molecular formula is C29H29ClN4OS. The maximum Gasteiger partial charge on any atom is 0.174 e. The molecule has 0 spiro atoms. The van der Waals surface area contributed by atoms with Gasteiger partial charge in [-0.2, -0.15) is 0 Å². The first-order valence-electron chi connectivity index (χ1n) is 11.9. The molecule has 2 aromatic heterocycles. The van der Waals surface area contributed by atoms with Crippen molar-refractivity contribution in [3.63, 3.8) is 0 Å². The van der Waals surface area contributed by atoms with E-state index in [4.69, 9.17) is 28.6 Å². The third-order valence-corrected chi connectivity index (χ3v) is 7.57. The highest BCUT2D eigenvalue weighted by atomic mass is 35.5. The average Bonchev–Trinajstić information content (AvgIpc) is 3.35. The highest BCUT2D eigenvalue weighted by Gasteiger charge is 2.42. The van der Waals surface area contributed by atoms with Crippen molar-refractivity contribution in [1.29, 1.82) is 0 Å². The van der Waals surface area contributed by atoms with Gasteiger partial charge in [-0.3, -0.25) is 4.98 Å². The van der Waals surface area contributed by atoms with Gasteiger partial charge in [0.05, 0.1) is 35.6 Å². The van der Waals surface area contributed by atoms with Crippen molar-refractivity contribution in [1.82, 2.24) is 14.9 Å². The van der Waals surface area contributed by atoms with Crippen LogP contribution in [0.3, 0.4) is 0 Å². The van der Waals surface area contributed by atoms with Gasteiger partial charge in [-0.05, 0) is 93.0 Å². The number of aromatic nitrogens is 2. The molecule has 4 aromatic rings. The first-order chi connectivity index (χ1) is 17.3. The fourth-order valence-electron chi connectivity index (χ4n) is 5.34. The zero-order valence-corrected chi connectivity index (χ0v) is 22.6. The Morgan fingerprint density at radius 3 is 2.36 bits per heavy atom. The zero-order valence-electron chi connectivity index (χ0n) is 21.0. The van der Waals surface area contributed by atoms with Crippen LogP contribution in [0.15, 0.2) is 66.9 Å². The number of anilines is 1. The molecule has 0 saturated carbocycles. The maximum absolute atomic E-state index is 6.55. The molecule has 0 unspecified atom stereocenters. The Labute approximate surface area is 222 Å². The molecule has 36 heavy (non-hydrogen) atoms. The number of pyridine rings is 1. The second-order valence-electron chi connectivity index (χ2n) is 9.22. The molecule has 1 saturated heterocycles. The normalized spacial score (nSPS) is 17.4. The number of hydrogen-bond acceptors (Lipinski definition) is 3. The molecule has 5 rings (SSSR count). The van der Waals surface area contributed by atoms with Crippen molar-refractivity contribution in [2.75, 3.05) is 12.0 Å². The third kappa shape index (κ3) is 4.04. The summed E-state index contributed by atoms with van der Waals surface area (Å²) in [5.74, 6) is 0.629. The summed E-state index contributed by atoms with van der Waals surface area (Å²) in [5.41, 5.74) is 9.07. The van der Waals surface area contributed by atoms with E-state index < -0.39 is 0 Å². The van der Waals surface area contributed by atoms with Crippen LogP contribution in [0.1, 0.15) is 45.9 Å². The van der Waals surface area contributed by atoms with E-state index in [-0.39, 0.29) is 12.1 Å². The molecule has 0 aliphatic carbocycles. The van der Waals surface area contributed by atoms with Gasteiger partial charge < -0.3 is 19.5 Å². The fourth-order valence-corrected chi connectivity index (χ4v) is 5.94. The van der Waals surface area contributed by atoms with Crippen LogP contribution in [0.4, 0.5) is 5.69 Å². The number of para-hydroxylation sites is 1. The summed E-state index contributed by atoms with van der Waals surface area (Å²) in [5, 5.41) is 4.72. The van der Waals surface area contributed by atoms with Gasteiger partial charge in [-0.25, -0.2) is 0 Å². The van der Waals surface area contributed by atoms with Crippen LogP contribution in [-0.4, -0.2) is 21.8 Å². The highest BCUT2D eigenvalue weighted by Crippen LogP contribution is 2.45. The SMILES string of the molecule is COc1ccc(N2C(=S)N[C@H](c3ccccn3)[C@@H]2c2cc(C)n(-c3c(C)cccc3C)c2C)cc1Cl. The predicted molar refractivity (Wildman–Crippen MR) is 151 cm³/mol. The summed E-state index contributed by atoms with van der Waals surface area (Å²) in [6, 6.07) is 20.2. The van der Waals surface area contributed by atoms with Crippen molar-refractivity contribution in [2.24, 2.45) is 0 Å². The van der Waals surface area contributed by atoms with Crippen LogP contribution >= 0.6 is 23.8 Å². The van der Waals surface area contributed by atoms with E-state index >= 15 is 0 Å². The van der Waals surface area contributed by atoms with Gasteiger partial charge >= 0.3 is 0 Å². The molecule has 5 nitrogen and oxygen atoms in total. The van der Waals surface area contributed by atoms with E-state index in [0.717, 1.165) is 11.4 Å². The summed E-state index contributed by atoms with van der Waals surface area (Å²) >= 11 is 12.5. The minimum atomic E-state index is -0.133. The van der Waals surface area contributed by atoms with Gasteiger partial charge in [-0.15, -0.1) is 0 Å². The number of rotatable bonds is 5. The van der Waals surface area contributed by atoms with Crippen molar-refractivity contribution in [3.05, 3.63) is 106 Å². The number of thiocarbonyl (C=S) groups is 1. The number of benzene rings is 2. The zero-order chi connectivity index (χ0) is 25.6. The van der Waals surface area contributed by atoms with Crippen LogP contribution in [0.5, 0.6) is 5.75 Å². The number of nitrogens with zero attached hydrogens (tertiary/aromatic N) is 3. The molecule has 1 aliphatic rings. The van der Waals surface area contributed by atoms with Crippen LogP contribution in [-0.2, 0) is 0 Å². The quantitative estimate of drug-likeness (QED) is 0.291. The number of nitrogens with one attached hydrogen (secondary N) is 1. The summed E-state index contributed by atoms with van der Waals surface area (Å²) in [7, 11) is 1.62. The largest absolute Gasteiger partial charge is 0.495 e. The van der Waals surface area contributed by atoms with Crippen molar-refractivity contribution >= 4 is 34.6 Å². The van der Waals surface area contributed by atoms with E-state index in [1.54, 1.807) is 7.11 Å². The minimum Gasteiger partial charge on any atom is -0.495 e. The van der Waals surface area contributed by atoms with Crippen molar-refractivity contribution in [3.8, 4) is 11.4 Å². The second-order valence-corrected chi connectivity index (χ2v) is 10.0. The lowest BCUT2D eigenvalue weighted by Crippen LogP contribution is -2.29. The maximum atomic E-state index is 6.55. The third-order valence-electron chi connectivity index (χ3n) is 6.96. The number of halogens is 1. The minimum absolute atomic E-state index is 0.124. The van der Waals surface area contributed by atoms with E-state index in [1.165, 1.54) is 33.8 Å². The Kier molecular flexibility index (Phi) is 6.49.